The maximum absolute atomic E-state index is 12.7. The van der Waals surface area contributed by atoms with Crippen LogP contribution in [0.4, 0.5) is 0 Å². The van der Waals surface area contributed by atoms with Gasteiger partial charge in [0.05, 0.1) is 6.04 Å². The minimum Gasteiger partial charge on any atom is -0.345 e. The van der Waals surface area contributed by atoms with E-state index in [-0.39, 0.29) is 23.1 Å². The molecule has 2 aromatic heterocycles. The third kappa shape index (κ3) is 3.56. The summed E-state index contributed by atoms with van der Waals surface area (Å²) in [6, 6.07) is 12.3. The SMILES string of the molecule is CC(C)[C@@H](NC(=O)c1cnc2ccccn2c1=O)c1ccc(Cl)cc1. The molecule has 0 radical (unpaired) electrons. The molecule has 25 heavy (non-hydrogen) atoms. The number of benzene rings is 1. The average molecular weight is 356 g/mol. The van der Waals surface area contributed by atoms with Crippen molar-refractivity contribution in [2.75, 3.05) is 0 Å². The molecule has 0 unspecified atom stereocenters. The van der Waals surface area contributed by atoms with Crippen LogP contribution in [0.15, 0.2) is 59.7 Å². The standard InChI is InChI=1S/C19H18ClN3O2/c1-12(2)17(13-6-8-14(20)9-7-13)22-18(24)15-11-21-16-5-3-4-10-23(16)19(15)25/h3-12,17H,1-2H3,(H,22,24)/t17-/m1/s1. The van der Waals surface area contributed by atoms with Crippen LogP contribution in [0.2, 0.25) is 5.02 Å². The third-order valence-corrected chi connectivity index (χ3v) is 4.29. The molecule has 0 aliphatic heterocycles. The van der Waals surface area contributed by atoms with Gasteiger partial charge in [0.25, 0.3) is 11.5 Å². The lowest BCUT2D eigenvalue weighted by Gasteiger charge is -2.23. The van der Waals surface area contributed by atoms with Gasteiger partial charge in [-0.25, -0.2) is 4.98 Å². The van der Waals surface area contributed by atoms with E-state index < -0.39 is 5.91 Å². The first-order valence-electron chi connectivity index (χ1n) is 8.00. The lowest BCUT2D eigenvalue weighted by atomic mass is 9.96. The summed E-state index contributed by atoms with van der Waals surface area (Å²) < 4.78 is 1.36. The first-order valence-corrected chi connectivity index (χ1v) is 8.38. The van der Waals surface area contributed by atoms with Gasteiger partial charge in [0.15, 0.2) is 0 Å². The van der Waals surface area contributed by atoms with E-state index in [4.69, 9.17) is 11.6 Å². The normalized spacial score (nSPS) is 12.3. The molecule has 0 saturated carbocycles. The Hall–Kier alpha value is -2.66. The van der Waals surface area contributed by atoms with Crippen molar-refractivity contribution >= 4 is 23.2 Å². The van der Waals surface area contributed by atoms with Crippen molar-refractivity contribution in [3.63, 3.8) is 0 Å². The zero-order valence-corrected chi connectivity index (χ0v) is 14.7. The van der Waals surface area contributed by atoms with Gasteiger partial charge in [-0.05, 0) is 35.7 Å². The Labute approximate surface area is 150 Å². The molecule has 0 fully saturated rings. The second kappa shape index (κ2) is 7.07. The summed E-state index contributed by atoms with van der Waals surface area (Å²) in [5.41, 5.74) is 1.06. The van der Waals surface area contributed by atoms with Gasteiger partial charge in [0.2, 0.25) is 0 Å². The molecule has 1 N–H and O–H groups in total. The summed E-state index contributed by atoms with van der Waals surface area (Å²) >= 11 is 5.93. The largest absolute Gasteiger partial charge is 0.345 e. The molecule has 6 heteroatoms. The molecule has 2 heterocycles. The number of fused-ring (bicyclic) bond motifs is 1. The van der Waals surface area contributed by atoms with Crippen LogP contribution in [0.1, 0.15) is 35.8 Å². The van der Waals surface area contributed by atoms with Gasteiger partial charge in [-0.2, -0.15) is 0 Å². The zero-order chi connectivity index (χ0) is 18.0. The third-order valence-electron chi connectivity index (χ3n) is 4.04. The van der Waals surface area contributed by atoms with Crippen LogP contribution in [0.3, 0.4) is 0 Å². The highest BCUT2D eigenvalue weighted by Gasteiger charge is 2.21. The summed E-state index contributed by atoms with van der Waals surface area (Å²) in [6.07, 6.45) is 2.92. The van der Waals surface area contributed by atoms with E-state index in [1.165, 1.54) is 10.6 Å². The fourth-order valence-electron chi connectivity index (χ4n) is 2.71. The molecule has 0 bridgehead atoms. The maximum Gasteiger partial charge on any atom is 0.270 e. The van der Waals surface area contributed by atoms with E-state index in [2.05, 4.69) is 10.3 Å². The second-order valence-corrected chi connectivity index (χ2v) is 6.59. The smallest absolute Gasteiger partial charge is 0.270 e. The number of nitrogens with zero attached hydrogens (tertiary/aromatic N) is 2. The van der Waals surface area contributed by atoms with Crippen LogP contribution < -0.4 is 10.9 Å². The topological polar surface area (TPSA) is 63.5 Å². The Morgan fingerprint density at radius 1 is 1.16 bits per heavy atom. The summed E-state index contributed by atoms with van der Waals surface area (Å²) in [7, 11) is 0. The van der Waals surface area contributed by atoms with Gasteiger partial charge >= 0.3 is 0 Å². The molecule has 1 amide bonds. The molecule has 1 aromatic carbocycles. The number of nitrogens with one attached hydrogen (secondary N) is 1. The average Bonchev–Trinajstić information content (AvgIpc) is 2.61. The number of hydrogen-bond donors (Lipinski definition) is 1. The number of hydrogen-bond acceptors (Lipinski definition) is 3. The Morgan fingerprint density at radius 2 is 1.88 bits per heavy atom. The number of aromatic nitrogens is 2. The van der Waals surface area contributed by atoms with Crippen LogP contribution in [-0.4, -0.2) is 15.3 Å². The molecule has 3 rings (SSSR count). The van der Waals surface area contributed by atoms with E-state index >= 15 is 0 Å². The predicted octanol–water partition coefficient (Wildman–Crippen LogP) is 3.48. The van der Waals surface area contributed by atoms with Crippen molar-refractivity contribution in [2.45, 2.75) is 19.9 Å². The number of halogens is 1. The van der Waals surface area contributed by atoms with Gasteiger partial charge in [-0.3, -0.25) is 14.0 Å². The van der Waals surface area contributed by atoms with Crippen LogP contribution in [0, 0.1) is 5.92 Å². The maximum atomic E-state index is 12.7. The molecule has 5 nitrogen and oxygen atoms in total. The van der Waals surface area contributed by atoms with E-state index in [1.807, 2.05) is 26.0 Å². The number of amides is 1. The Kier molecular flexibility index (Phi) is 4.86. The molecule has 0 saturated heterocycles. The van der Waals surface area contributed by atoms with Gasteiger partial charge in [-0.15, -0.1) is 0 Å². The summed E-state index contributed by atoms with van der Waals surface area (Å²) in [5.74, 6) is -0.300. The minimum absolute atomic E-state index is 0.0170. The van der Waals surface area contributed by atoms with E-state index in [1.54, 1.807) is 36.5 Å². The fraction of sp³-hybridized carbons (Fsp3) is 0.211. The molecule has 0 aliphatic rings. The first-order chi connectivity index (χ1) is 12.0. The monoisotopic (exact) mass is 355 g/mol. The first kappa shape index (κ1) is 17.2. The minimum atomic E-state index is -0.440. The number of carbonyl (C=O) groups is 1. The van der Waals surface area contributed by atoms with Crippen molar-refractivity contribution < 1.29 is 4.79 Å². The van der Waals surface area contributed by atoms with Crippen molar-refractivity contribution in [2.24, 2.45) is 5.92 Å². The molecule has 3 aromatic rings. The number of pyridine rings is 1. The molecule has 128 valence electrons. The molecular formula is C19H18ClN3O2. The van der Waals surface area contributed by atoms with Crippen LogP contribution >= 0.6 is 11.6 Å². The van der Waals surface area contributed by atoms with Crippen LogP contribution in [0.25, 0.3) is 5.65 Å². The summed E-state index contributed by atoms with van der Waals surface area (Å²) in [6.45, 7) is 4.01. The number of carbonyl (C=O) groups excluding carboxylic acids is 1. The highest BCUT2D eigenvalue weighted by atomic mass is 35.5. The van der Waals surface area contributed by atoms with E-state index in [0.29, 0.717) is 10.7 Å². The van der Waals surface area contributed by atoms with E-state index in [9.17, 15) is 9.59 Å². The van der Waals surface area contributed by atoms with Gasteiger partial charge < -0.3 is 5.32 Å². The van der Waals surface area contributed by atoms with Gasteiger partial charge in [0, 0.05) is 17.4 Å². The Balaban J connectivity index is 1.93. The Morgan fingerprint density at radius 3 is 2.56 bits per heavy atom. The predicted molar refractivity (Wildman–Crippen MR) is 98.0 cm³/mol. The number of rotatable bonds is 4. The lowest BCUT2D eigenvalue weighted by Crippen LogP contribution is -2.36. The highest BCUT2D eigenvalue weighted by molar-refractivity contribution is 6.30. The summed E-state index contributed by atoms with van der Waals surface area (Å²) in [4.78, 5) is 29.4. The van der Waals surface area contributed by atoms with E-state index in [0.717, 1.165) is 5.56 Å². The second-order valence-electron chi connectivity index (χ2n) is 6.15. The fourth-order valence-corrected chi connectivity index (χ4v) is 2.83. The molecular weight excluding hydrogens is 338 g/mol. The van der Waals surface area contributed by atoms with Crippen LogP contribution in [-0.2, 0) is 0 Å². The van der Waals surface area contributed by atoms with Gasteiger partial charge in [0.1, 0.15) is 11.2 Å². The molecule has 1 atom stereocenters. The Bertz CT molecular complexity index is 964. The van der Waals surface area contributed by atoms with Crippen LogP contribution in [0.5, 0.6) is 0 Å². The lowest BCUT2D eigenvalue weighted by molar-refractivity contribution is 0.0923. The van der Waals surface area contributed by atoms with Crippen molar-refractivity contribution in [3.05, 3.63) is 81.4 Å². The van der Waals surface area contributed by atoms with Crippen molar-refractivity contribution in [1.29, 1.82) is 0 Å². The van der Waals surface area contributed by atoms with Crippen molar-refractivity contribution in [3.8, 4) is 0 Å². The highest BCUT2D eigenvalue weighted by Crippen LogP contribution is 2.23. The zero-order valence-electron chi connectivity index (χ0n) is 13.9. The molecule has 0 spiro atoms. The van der Waals surface area contributed by atoms with Gasteiger partial charge in [-0.1, -0.05) is 43.6 Å². The van der Waals surface area contributed by atoms with Crippen molar-refractivity contribution in [1.82, 2.24) is 14.7 Å². The quantitative estimate of drug-likeness (QED) is 0.779. The molecule has 0 aliphatic carbocycles. The summed E-state index contributed by atoms with van der Waals surface area (Å²) in [5, 5.41) is 3.57.